The molecule has 170 valence electrons. The second-order valence-electron chi connectivity index (χ2n) is 8.96. The minimum Gasteiger partial charge on any atom is -0.348 e. The third kappa shape index (κ3) is 3.74. The molecule has 0 aliphatic carbocycles. The first kappa shape index (κ1) is 20.6. The molecule has 0 saturated carbocycles. The summed E-state index contributed by atoms with van der Waals surface area (Å²) < 4.78 is 2.10. The Bertz CT molecular complexity index is 1400. The van der Waals surface area contributed by atoms with E-state index in [0.29, 0.717) is 12.1 Å². The highest BCUT2D eigenvalue weighted by Crippen LogP contribution is 2.27. The van der Waals surface area contributed by atoms with Crippen LogP contribution in [0.2, 0.25) is 0 Å². The number of hydrogen-bond donors (Lipinski definition) is 3. The van der Waals surface area contributed by atoms with Gasteiger partial charge in [-0.05, 0) is 65.6 Å². The van der Waals surface area contributed by atoms with Crippen LogP contribution in [0, 0.1) is 0 Å². The molecule has 4 heterocycles. The molecule has 0 spiro atoms. The number of imidazole rings is 1. The van der Waals surface area contributed by atoms with E-state index in [1.54, 1.807) is 0 Å². The molecule has 1 unspecified atom stereocenters. The van der Waals surface area contributed by atoms with Gasteiger partial charge in [-0.15, -0.1) is 0 Å². The lowest BCUT2D eigenvalue weighted by atomic mass is 10.0. The lowest BCUT2D eigenvalue weighted by molar-refractivity contribution is 0.0937. The van der Waals surface area contributed by atoms with Gasteiger partial charge in [0.05, 0.1) is 5.69 Å². The first-order valence-electron chi connectivity index (χ1n) is 11.6. The number of rotatable bonds is 5. The molecule has 2 aliphatic heterocycles. The number of carbonyl (C=O) groups excluding carboxylic acids is 2. The number of nitrogens with zero attached hydrogens (tertiary/aromatic N) is 2. The number of fused-ring (bicyclic) bond motifs is 2. The standard InChI is InChI=1S/C27H25N5O2/c33-26(31-22-9-10-28-16-22)18-3-1-17(2-4-18)13-20-6-8-24(32-12-11-29-25(20)32)19-5-7-23-21(14-19)15-30-27(23)34/h1-8,11-12,14,22,28H,9-10,13,15-16H2,(H,30,34)(H,31,33). The summed E-state index contributed by atoms with van der Waals surface area (Å²) in [7, 11) is 0. The Morgan fingerprint density at radius 2 is 2.00 bits per heavy atom. The van der Waals surface area contributed by atoms with Crippen molar-refractivity contribution < 1.29 is 9.59 Å². The molecule has 2 amide bonds. The van der Waals surface area contributed by atoms with Gasteiger partial charge in [0.2, 0.25) is 0 Å². The smallest absolute Gasteiger partial charge is 0.251 e. The maximum atomic E-state index is 12.5. The molecule has 0 radical (unpaired) electrons. The van der Waals surface area contributed by atoms with Crippen molar-refractivity contribution in [3.63, 3.8) is 0 Å². The summed E-state index contributed by atoms with van der Waals surface area (Å²) in [5.74, 6) is -0.0322. The second kappa shape index (κ2) is 8.43. The van der Waals surface area contributed by atoms with Crippen molar-refractivity contribution >= 4 is 17.5 Å². The van der Waals surface area contributed by atoms with Gasteiger partial charge in [-0.1, -0.05) is 24.3 Å². The zero-order valence-electron chi connectivity index (χ0n) is 18.7. The average molecular weight is 452 g/mol. The lowest BCUT2D eigenvalue weighted by Gasteiger charge is -2.12. The Hall–Kier alpha value is -3.97. The number of nitrogens with one attached hydrogen (secondary N) is 3. The van der Waals surface area contributed by atoms with Crippen molar-refractivity contribution in [1.29, 1.82) is 0 Å². The van der Waals surface area contributed by atoms with Gasteiger partial charge in [0.15, 0.2) is 0 Å². The molecule has 7 heteroatoms. The molecule has 3 N–H and O–H groups in total. The van der Waals surface area contributed by atoms with Crippen LogP contribution in [0.3, 0.4) is 0 Å². The van der Waals surface area contributed by atoms with Crippen molar-refractivity contribution in [3.8, 4) is 11.3 Å². The van der Waals surface area contributed by atoms with Crippen LogP contribution in [0.15, 0.2) is 67.0 Å². The van der Waals surface area contributed by atoms with Gasteiger partial charge in [0.1, 0.15) is 5.65 Å². The van der Waals surface area contributed by atoms with Crippen LogP contribution in [0.25, 0.3) is 16.9 Å². The van der Waals surface area contributed by atoms with E-state index in [-0.39, 0.29) is 17.9 Å². The van der Waals surface area contributed by atoms with E-state index in [9.17, 15) is 9.59 Å². The monoisotopic (exact) mass is 451 g/mol. The predicted octanol–water partition coefficient (Wildman–Crippen LogP) is 2.93. The number of carbonyl (C=O) groups is 2. The zero-order chi connectivity index (χ0) is 23.1. The van der Waals surface area contributed by atoms with E-state index < -0.39 is 0 Å². The number of aromatic nitrogens is 2. The molecule has 1 fully saturated rings. The second-order valence-corrected chi connectivity index (χ2v) is 8.96. The maximum Gasteiger partial charge on any atom is 0.251 e. The molecule has 7 nitrogen and oxygen atoms in total. The fraction of sp³-hybridized carbons (Fsp3) is 0.222. The van der Waals surface area contributed by atoms with Crippen LogP contribution in [-0.4, -0.2) is 40.3 Å². The minimum atomic E-state index is -0.0218. The molecule has 2 aliphatic rings. The van der Waals surface area contributed by atoms with Crippen molar-refractivity contribution in [2.45, 2.75) is 25.4 Å². The van der Waals surface area contributed by atoms with Crippen LogP contribution in [0.5, 0.6) is 0 Å². The van der Waals surface area contributed by atoms with Crippen molar-refractivity contribution in [3.05, 3.63) is 94.8 Å². The quantitative estimate of drug-likeness (QED) is 0.435. The lowest BCUT2D eigenvalue weighted by Crippen LogP contribution is -2.36. The summed E-state index contributed by atoms with van der Waals surface area (Å²) >= 11 is 0. The molecular formula is C27H25N5O2. The molecule has 2 aromatic carbocycles. The summed E-state index contributed by atoms with van der Waals surface area (Å²) in [5, 5.41) is 9.23. The Balaban J connectivity index is 1.24. The molecular weight excluding hydrogens is 426 g/mol. The molecule has 34 heavy (non-hydrogen) atoms. The van der Waals surface area contributed by atoms with Gasteiger partial charge in [0, 0.05) is 49.1 Å². The average Bonchev–Trinajstić information content (AvgIpc) is 3.62. The summed E-state index contributed by atoms with van der Waals surface area (Å²) in [6, 6.07) is 18.2. The van der Waals surface area contributed by atoms with Crippen molar-refractivity contribution in [2.75, 3.05) is 13.1 Å². The zero-order valence-corrected chi connectivity index (χ0v) is 18.7. The van der Waals surface area contributed by atoms with Crippen LogP contribution < -0.4 is 16.0 Å². The Morgan fingerprint density at radius 1 is 1.12 bits per heavy atom. The van der Waals surface area contributed by atoms with Crippen LogP contribution >= 0.6 is 0 Å². The molecule has 4 aromatic rings. The minimum absolute atomic E-state index is 0.0104. The largest absolute Gasteiger partial charge is 0.348 e. The number of amides is 2. The fourth-order valence-corrected chi connectivity index (χ4v) is 4.88. The van der Waals surface area contributed by atoms with Gasteiger partial charge < -0.3 is 16.0 Å². The molecule has 1 atom stereocenters. The SMILES string of the molecule is O=C(NC1CCNC1)c1ccc(Cc2ccc(-c3ccc4c(c3)CNC4=O)n3ccnc23)cc1. The van der Waals surface area contributed by atoms with Gasteiger partial charge in [0.25, 0.3) is 11.8 Å². The topological polar surface area (TPSA) is 87.5 Å². The Labute approximate surface area is 197 Å². The van der Waals surface area contributed by atoms with Gasteiger partial charge >= 0.3 is 0 Å². The van der Waals surface area contributed by atoms with Crippen LogP contribution in [0.4, 0.5) is 0 Å². The molecule has 0 bridgehead atoms. The van der Waals surface area contributed by atoms with Gasteiger partial charge in [-0.2, -0.15) is 0 Å². The maximum absolute atomic E-state index is 12.5. The van der Waals surface area contributed by atoms with Crippen LogP contribution in [0.1, 0.15) is 43.8 Å². The molecule has 1 saturated heterocycles. The Morgan fingerprint density at radius 3 is 2.82 bits per heavy atom. The molecule has 2 aromatic heterocycles. The predicted molar refractivity (Wildman–Crippen MR) is 130 cm³/mol. The highest BCUT2D eigenvalue weighted by atomic mass is 16.2. The van der Waals surface area contributed by atoms with E-state index in [1.165, 1.54) is 0 Å². The summed E-state index contributed by atoms with van der Waals surface area (Å²) in [5.41, 5.74) is 7.68. The van der Waals surface area contributed by atoms with Crippen LogP contribution in [-0.2, 0) is 13.0 Å². The first-order valence-corrected chi connectivity index (χ1v) is 11.6. The normalized spacial score (nSPS) is 17.1. The highest BCUT2D eigenvalue weighted by molar-refractivity contribution is 5.99. The van der Waals surface area contributed by atoms with E-state index in [2.05, 4.69) is 43.5 Å². The first-order chi connectivity index (χ1) is 16.7. The van der Waals surface area contributed by atoms with Gasteiger partial charge in [-0.3, -0.25) is 14.0 Å². The van der Waals surface area contributed by atoms with Gasteiger partial charge in [-0.25, -0.2) is 4.98 Å². The van der Waals surface area contributed by atoms with E-state index in [0.717, 1.165) is 65.1 Å². The van der Waals surface area contributed by atoms with Crippen molar-refractivity contribution in [1.82, 2.24) is 25.3 Å². The number of pyridine rings is 1. The number of benzene rings is 2. The highest BCUT2D eigenvalue weighted by Gasteiger charge is 2.20. The van der Waals surface area contributed by atoms with E-state index in [4.69, 9.17) is 0 Å². The summed E-state index contributed by atoms with van der Waals surface area (Å²) in [6.45, 7) is 2.35. The fourth-order valence-electron chi connectivity index (χ4n) is 4.88. The third-order valence-corrected chi connectivity index (χ3v) is 6.72. The molecule has 6 rings (SSSR count). The van der Waals surface area contributed by atoms with Crippen molar-refractivity contribution in [2.24, 2.45) is 0 Å². The van der Waals surface area contributed by atoms with E-state index >= 15 is 0 Å². The van der Waals surface area contributed by atoms with E-state index in [1.807, 2.05) is 48.8 Å². The Kier molecular flexibility index (Phi) is 5.11. The number of hydrogen-bond acceptors (Lipinski definition) is 4. The summed E-state index contributed by atoms with van der Waals surface area (Å²) in [6.07, 6.45) is 5.47. The third-order valence-electron chi connectivity index (χ3n) is 6.72. The summed E-state index contributed by atoms with van der Waals surface area (Å²) in [4.78, 5) is 29.0.